The molecule has 1 amide bonds. The number of nitrogens with one attached hydrogen (secondary N) is 1. The van der Waals surface area contributed by atoms with E-state index in [1.165, 1.54) is 0 Å². The Bertz CT molecular complexity index is 279. The van der Waals surface area contributed by atoms with Crippen molar-refractivity contribution in [2.75, 3.05) is 13.2 Å². The van der Waals surface area contributed by atoms with Crippen molar-refractivity contribution in [1.29, 1.82) is 0 Å². The summed E-state index contributed by atoms with van der Waals surface area (Å²) in [7, 11) is 0. The normalized spacial score (nSPS) is 8.87. The quantitative estimate of drug-likeness (QED) is 0.822. The minimum atomic E-state index is -0.511. The van der Waals surface area contributed by atoms with E-state index in [1.54, 1.807) is 0 Å². The van der Waals surface area contributed by atoms with Crippen LogP contribution in [0.25, 0.3) is 0 Å². The Labute approximate surface area is 94.7 Å². The van der Waals surface area contributed by atoms with Gasteiger partial charge in [0.2, 0.25) is 0 Å². The molecule has 1 rings (SSSR count). The molecule has 0 aliphatic carbocycles. The van der Waals surface area contributed by atoms with Crippen molar-refractivity contribution in [3.63, 3.8) is 0 Å². The van der Waals surface area contributed by atoms with Crippen molar-refractivity contribution in [1.82, 2.24) is 5.32 Å². The van der Waals surface area contributed by atoms with Crippen molar-refractivity contribution in [2.45, 2.75) is 6.61 Å². The van der Waals surface area contributed by atoms with E-state index in [9.17, 15) is 4.79 Å². The highest BCUT2D eigenvalue weighted by atomic mass is 35.5. The summed E-state index contributed by atoms with van der Waals surface area (Å²) >= 11 is 0. The van der Waals surface area contributed by atoms with Crippen LogP contribution in [0.4, 0.5) is 4.79 Å². The summed E-state index contributed by atoms with van der Waals surface area (Å²) in [4.78, 5) is 10.9. The number of rotatable bonds is 4. The lowest BCUT2D eigenvalue weighted by molar-refractivity contribution is 0.137. The first-order chi connectivity index (χ1) is 6.83. The van der Waals surface area contributed by atoms with Crippen LogP contribution < -0.4 is 5.32 Å². The Hall–Kier alpha value is -1.26. The van der Waals surface area contributed by atoms with E-state index in [1.807, 2.05) is 30.3 Å². The molecule has 5 heteroatoms. The molecular weight excluding hydrogens is 218 g/mol. The standard InChI is InChI=1S/C10H13NO3.ClH/c12-7-6-11-10(13)14-8-9-4-2-1-3-5-9;/h1-5,12H,6-8H2,(H,11,13);1H. The van der Waals surface area contributed by atoms with Gasteiger partial charge in [-0.1, -0.05) is 30.3 Å². The van der Waals surface area contributed by atoms with Crippen LogP contribution in [0.2, 0.25) is 0 Å². The Morgan fingerprint density at radius 1 is 1.33 bits per heavy atom. The van der Waals surface area contributed by atoms with E-state index in [0.29, 0.717) is 0 Å². The van der Waals surface area contributed by atoms with Crippen LogP contribution in [0, 0.1) is 0 Å². The third-order valence-corrected chi connectivity index (χ3v) is 1.59. The summed E-state index contributed by atoms with van der Waals surface area (Å²) in [5.41, 5.74) is 0.937. The molecule has 0 spiro atoms. The number of aliphatic hydroxyl groups is 1. The highest BCUT2D eigenvalue weighted by Gasteiger charge is 2.00. The molecule has 0 unspecified atom stereocenters. The zero-order chi connectivity index (χ0) is 10.2. The van der Waals surface area contributed by atoms with Crippen molar-refractivity contribution in [3.8, 4) is 0 Å². The maximum Gasteiger partial charge on any atom is 0.407 e. The van der Waals surface area contributed by atoms with E-state index in [4.69, 9.17) is 9.84 Å². The molecule has 0 heterocycles. The fourth-order valence-electron chi connectivity index (χ4n) is 0.932. The molecule has 0 bridgehead atoms. The highest BCUT2D eigenvalue weighted by molar-refractivity contribution is 5.85. The zero-order valence-corrected chi connectivity index (χ0v) is 9.00. The number of halogens is 1. The number of amides is 1. The molecule has 4 nitrogen and oxygen atoms in total. The van der Waals surface area contributed by atoms with E-state index < -0.39 is 6.09 Å². The molecule has 84 valence electrons. The van der Waals surface area contributed by atoms with Gasteiger partial charge in [-0.15, -0.1) is 12.4 Å². The number of carbonyl (C=O) groups is 1. The third-order valence-electron chi connectivity index (χ3n) is 1.59. The van der Waals surface area contributed by atoms with Gasteiger partial charge in [-0.2, -0.15) is 0 Å². The van der Waals surface area contributed by atoms with Crippen LogP contribution >= 0.6 is 12.4 Å². The van der Waals surface area contributed by atoms with Gasteiger partial charge in [0.15, 0.2) is 0 Å². The topological polar surface area (TPSA) is 58.6 Å². The molecule has 1 aromatic rings. The molecule has 0 saturated heterocycles. The van der Waals surface area contributed by atoms with Crippen LogP contribution in [0.3, 0.4) is 0 Å². The Morgan fingerprint density at radius 2 is 2.00 bits per heavy atom. The van der Waals surface area contributed by atoms with Gasteiger partial charge >= 0.3 is 6.09 Å². The van der Waals surface area contributed by atoms with Gasteiger partial charge in [-0.05, 0) is 5.56 Å². The number of benzene rings is 1. The number of hydrogen-bond acceptors (Lipinski definition) is 3. The molecule has 0 aliphatic heterocycles. The van der Waals surface area contributed by atoms with E-state index in [0.717, 1.165) is 5.56 Å². The molecule has 0 saturated carbocycles. The fraction of sp³-hybridized carbons (Fsp3) is 0.300. The summed E-state index contributed by atoms with van der Waals surface area (Å²) in [6.45, 7) is 0.381. The van der Waals surface area contributed by atoms with Crippen LogP contribution in [0.5, 0.6) is 0 Å². The lowest BCUT2D eigenvalue weighted by Gasteiger charge is -2.05. The second-order valence-corrected chi connectivity index (χ2v) is 2.71. The fourth-order valence-corrected chi connectivity index (χ4v) is 0.932. The number of ether oxygens (including phenoxy) is 1. The third kappa shape index (κ3) is 5.93. The predicted octanol–water partition coefficient (Wildman–Crippen LogP) is 1.33. The van der Waals surface area contributed by atoms with Gasteiger partial charge in [-0.3, -0.25) is 0 Å². The van der Waals surface area contributed by atoms with Gasteiger partial charge in [0.25, 0.3) is 0 Å². The molecule has 0 fully saturated rings. The van der Waals surface area contributed by atoms with E-state index >= 15 is 0 Å². The Balaban J connectivity index is 0.00000196. The molecule has 0 aromatic heterocycles. The second kappa shape index (κ2) is 8.08. The Kier molecular flexibility index (Phi) is 7.40. The first-order valence-electron chi connectivity index (χ1n) is 4.38. The van der Waals surface area contributed by atoms with Crippen LogP contribution in [-0.2, 0) is 11.3 Å². The van der Waals surface area contributed by atoms with Gasteiger partial charge < -0.3 is 15.2 Å². The molecular formula is C10H14ClNO3. The summed E-state index contributed by atoms with van der Waals surface area (Å²) in [6.07, 6.45) is -0.511. The first-order valence-corrected chi connectivity index (χ1v) is 4.38. The maximum atomic E-state index is 10.9. The van der Waals surface area contributed by atoms with Crippen molar-refractivity contribution < 1.29 is 14.6 Å². The van der Waals surface area contributed by atoms with Crippen molar-refractivity contribution in [2.24, 2.45) is 0 Å². The molecule has 15 heavy (non-hydrogen) atoms. The average Bonchev–Trinajstić information content (AvgIpc) is 2.25. The number of aliphatic hydroxyl groups excluding tert-OH is 1. The van der Waals surface area contributed by atoms with Gasteiger partial charge in [0, 0.05) is 6.54 Å². The molecule has 0 aliphatic rings. The summed E-state index contributed by atoms with van der Waals surface area (Å²) < 4.78 is 4.87. The monoisotopic (exact) mass is 231 g/mol. The van der Waals surface area contributed by atoms with Crippen LogP contribution in [0.15, 0.2) is 30.3 Å². The van der Waals surface area contributed by atoms with E-state index in [2.05, 4.69) is 5.32 Å². The van der Waals surface area contributed by atoms with Crippen molar-refractivity contribution in [3.05, 3.63) is 35.9 Å². The molecule has 2 N–H and O–H groups in total. The van der Waals surface area contributed by atoms with Gasteiger partial charge in [0.05, 0.1) is 6.61 Å². The summed E-state index contributed by atoms with van der Waals surface area (Å²) in [6, 6.07) is 9.41. The first kappa shape index (κ1) is 13.7. The Morgan fingerprint density at radius 3 is 2.60 bits per heavy atom. The van der Waals surface area contributed by atoms with Crippen molar-refractivity contribution >= 4 is 18.5 Å². The minimum Gasteiger partial charge on any atom is -0.445 e. The average molecular weight is 232 g/mol. The number of carbonyl (C=O) groups excluding carboxylic acids is 1. The number of hydrogen-bond donors (Lipinski definition) is 2. The second-order valence-electron chi connectivity index (χ2n) is 2.71. The molecule has 0 radical (unpaired) electrons. The summed E-state index contributed by atoms with van der Waals surface area (Å²) in [5.74, 6) is 0. The summed E-state index contributed by atoms with van der Waals surface area (Å²) in [5, 5.41) is 10.8. The van der Waals surface area contributed by atoms with Crippen LogP contribution in [0.1, 0.15) is 5.56 Å². The number of alkyl carbamates (subject to hydrolysis) is 1. The molecule has 0 atom stereocenters. The lowest BCUT2D eigenvalue weighted by Crippen LogP contribution is -2.26. The predicted molar refractivity (Wildman–Crippen MR) is 59.0 cm³/mol. The smallest absolute Gasteiger partial charge is 0.407 e. The highest BCUT2D eigenvalue weighted by Crippen LogP contribution is 2.00. The van der Waals surface area contributed by atoms with Gasteiger partial charge in [-0.25, -0.2) is 4.79 Å². The largest absolute Gasteiger partial charge is 0.445 e. The molecule has 1 aromatic carbocycles. The van der Waals surface area contributed by atoms with Crippen LogP contribution in [-0.4, -0.2) is 24.4 Å². The van der Waals surface area contributed by atoms with Gasteiger partial charge in [0.1, 0.15) is 6.61 Å². The SMILES string of the molecule is Cl.O=C(NCCO)OCc1ccccc1. The maximum absolute atomic E-state index is 10.9. The van der Waals surface area contributed by atoms with E-state index in [-0.39, 0.29) is 32.2 Å². The lowest BCUT2D eigenvalue weighted by atomic mass is 10.2. The minimum absolute atomic E-state index is 0. The zero-order valence-electron chi connectivity index (χ0n) is 8.18.